The summed E-state index contributed by atoms with van der Waals surface area (Å²) in [6.07, 6.45) is 0.863. The minimum Gasteiger partial charge on any atom is -0.507 e. The number of aryl methyl sites for hydroxylation is 3. The van der Waals surface area contributed by atoms with E-state index < -0.39 is 17.7 Å². The molecule has 168 valence electrons. The van der Waals surface area contributed by atoms with Crippen LogP contribution < -0.4 is 9.64 Å². The fourth-order valence-electron chi connectivity index (χ4n) is 4.31. The van der Waals surface area contributed by atoms with Crippen molar-refractivity contribution < 1.29 is 19.4 Å². The number of hydrogen-bond acceptors (Lipinski definition) is 4. The van der Waals surface area contributed by atoms with Crippen LogP contribution in [0.25, 0.3) is 5.76 Å². The standard InChI is InChI=1S/C28H27NO4/c1-5-19-12-14-20(15-13-19)29-25(21-8-6-7-9-23(21)33-4)24(27(31)28(29)32)26(30)22-16-17(2)10-11-18(22)3/h6-16,25,30H,5H2,1-4H3/b26-24+. The molecule has 0 aromatic heterocycles. The molecule has 0 bridgehead atoms. The number of carbonyl (C=O) groups excluding carboxylic acids is 2. The first-order valence-corrected chi connectivity index (χ1v) is 11.0. The van der Waals surface area contributed by atoms with Gasteiger partial charge in [-0.05, 0) is 55.7 Å². The predicted molar refractivity (Wildman–Crippen MR) is 130 cm³/mol. The van der Waals surface area contributed by atoms with Crippen LogP contribution in [0.1, 0.15) is 40.8 Å². The van der Waals surface area contributed by atoms with Crippen LogP contribution in [0.5, 0.6) is 5.75 Å². The van der Waals surface area contributed by atoms with Crippen LogP contribution in [-0.4, -0.2) is 23.9 Å². The van der Waals surface area contributed by atoms with Crippen LogP contribution in [0.2, 0.25) is 0 Å². The van der Waals surface area contributed by atoms with Gasteiger partial charge in [0.25, 0.3) is 11.7 Å². The molecule has 1 aliphatic heterocycles. The summed E-state index contributed by atoms with van der Waals surface area (Å²) in [7, 11) is 1.55. The molecule has 5 heteroatoms. The normalized spacial score (nSPS) is 17.5. The van der Waals surface area contributed by atoms with Crippen molar-refractivity contribution in [2.24, 2.45) is 0 Å². The van der Waals surface area contributed by atoms with E-state index in [9.17, 15) is 14.7 Å². The highest BCUT2D eigenvalue weighted by Crippen LogP contribution is 2.45. The molecular weight excluding hydrogens is 414 g/mol. The third-order valence-corrected chi connectivity index (χ3v) is 6.15. The summed E-state index contributed by atoms with van der Waals surface area (Å²) < 4.78 is 5.57. The molecule has 3 aromatic rings. The molecule has 0 aliphatic carbocycles. The number of benzene rings is 3. The molecule has 4 rings (SSSR count). The number of ether oxygens (including phenoxy) is 1. The van der Waals surface area contributed by atoms with Crippen molar-refractivity contribution in [2.75, 3.05) is 12.0 Å². The molecule has 1 amide bonds. The van der Waals surface area contributed by atoms with Gasteiger partial charge in [0, 0.05) is 16.8 Å². The average Bonchev–Trinajstić information content (AvgIpc) is 3.10. The first-order valence-electron chi connectivity index (χ1n) is 11.0. The van der Waals surface area contributed by atoms with E-state index in [1.165, 1.54) is 4.90 Å². The summed E-state index contributed by atoms with van der Waals surface area (Å²) in [6, 6.07) is 19.7. The van der Waals surface area contributed by atoms with Gasteiger partial charge >= 0.3 is 0 Å². The van der Waals surface area contributed by atoms with Gasteiger partial charge in [-0.3, -0.25) is 14.5 Å². The topological polar surface area (TPSA) is 66.8 Å². The lowest BCUT2D eigenvalue weighted by Crippen LogP contribution is -2.29. The molecule has 1 aliphatic rings. The summed E-state index contributed by atoms with van der Waals surface area (Å²) >= 11 is 0. The van der Waals surface area contributed by atoms with Gasteiger partial charge in [0.15, 0.2) is 0 Å². The van der Waals surface area contributed by atoms with Crippen molar-refractivity contribution in [2.45, 2.75) is 33.2 Å². The number of methoxy groups -OCH3 is 1. The number of anilines is 1. The smallest absolute Gasteiger partial charge is 0.300 e. The highest BCUT2D eigenvalue weighted by atomic mass is 16.5. The largest absolute Gasteiger partial charge is 0.507 e. The summed E-state index contributed by atoms with van der Waals surface area (Å²) in [4.78, 5) is 28.1. The van der Waals surface area contributed by atoms with Crippen LogP contribution in [0.4, 0.5) is 5.69 Å². The molecule has 1 unspecified atom stereocenters. The second-order valence-electron chi connectivity index (χ2n) is 8.25. The second-order valence-corrected chi connectivity index (χ2v) is 8.25. The number of ketones is 1. The number of aliphatic hydroxyl groups excluding tert-OH is 1. The molecule has 1 atom stereocenters. The molecule has 0 saturated carbocycles. The van der Waals surface area contributed by atoms with Crippen LogP contribution in [0.3, 0.4) is 0 Å². The molecule has 1 N–H and O–H groups in total. The average molecular weight is 442 g/mol. The lowest BCUT2D eigenvalue weighted by molar-refractivity contribution is -0.132. The van der Waals surface area contributed by atoms with Gasteiger partial charge in [-0.25, -0.2) is 0 Å². The number of Topliss-reactive ketones (excluding diaryl/α,β-unsaturated/α-hetero) is 1. The van der Waals surface area contributed by atoms with Crippen molar-refractivity contribution in [3.05, 3.63) is 100 Å². The minimum absolute atomic E-state index is 0.0535. The SMILES string of the molecule is CCc1ccc(N2C(=O)C(=O)/C(=C(/O)c3cc(C)ccc3C)C2c2ccccc2OC)cc1. The number of para-hydroxylation sites is 1. The zero-order valence-corrected chi connectivity index (χ0v) is 19.3. The number of rotatable bonds is 5. The molecule has 1 saturated heterocycles. The summed E-state index contributed by atoms with van der Waals surface area (Å²) in [5.74, 6) is -1.05. The minimum atomic E-state index is -0.825. The highest BCUT2D eigenvalue weighted by molar-refractivity contribution is 6.51. The predicted octanol–water partition coefficient (Wildman–Crippen LogP) is 5.50. The van der Waals surface area contributed by atoms with E-state index in [0.29, 0.717) is 22.6 Å². The summed E-state index contributed by atoms with van der Waals surface area (Å²) in [5, 5.41) is 11.4. The van der Waals surface area contributed by atoms with Crippen LogP contribution in [0, 0.1) is 13.8 Å². The van der Waals surface area contributed by atoms with Crippen molar-refractivity contribution >= 4 is 23.1 Å². The Kier molecular flexibility index (Phi) is 6.05. The maximum Gasteiger partial charge on any atom is 0.300 e. The Balaban J connectivity index is 1.99. The maximum atomic E-state index is 13.4. The molecule has 1 heterocycles. The van der Waals surface area contributed by atoms with E-state index in [4.69, 9.17) is 4.74 Å². The van der Waals surface area contributed by atoms with Crippen LogP contribution in [-0.2, 0) is 16.0 Å². The maximum absolute atomic E-state index is 13.4. The molecule has 1 fully saturated rings. The Morgan fingerprint density at radius 1 is 1.00 bits per heavy atom. The van der Waals surface area contributed by atoms with Crippen molar-refractivity contribution in [3.63, 3.8) is 0 Å². The van der Waals surface area contributed by atoms with Crippen LogP contribution >= 0.6 is 0 Å². The second kappa shape index (κ2) is 8.94. The molecule has 0 radical (unpaired) electrons. The van der Waals surface area contributed by atoms with Gasteiger partial charge < -0.3 is 9.84 Å². The van der Waals surface area contributed by atoms with E-state index in [1.54, 1.807) is 13.2 Å². The zero-order chi connectivity index (χ0) is 23.7. The van der Waals surface area contributed by atoms with Gasteiger partial charge in [0.2, 0.25) is 0 Å². The van der Waals surface area contributed by atoms with Crippen molar-refractivity contribution in [3.8, 4) is 5.75 Å². The Morgan fingerprint density at radius 3 is 2.36 bits per heavy atom. The van der Waals surface area contributed by atoms with E-state index in [-0.39, 0.29) is 11.3 Å². The number of hydrogen-bond donors (Lipinski definition) is 1. The Labute approximate surface area is 193 Å². The Hall–Kier alpha value is -3.86. The first-order chi connectivity index (χ1) is 15.9. The number of nitrogens with zero attached hydrogens (tertiary/aromatic N) is 1. The van der Waals surface area contributed by atoms with E-state index in [1.807, 2.05) is 74.5 Å². The van der Waals surface area contributed by atoms with Crippen molar-refractivity contribution in [1.82, 2.24) is 0 Å². The Bertz CT molecular complexity index is 1260. The lowest BCUT2D eigenvalue weighted by Gasteiger charge is -2.27. The van der Waals surface area contributed by atoms with E-state index in [0.717, 1.165) is 23.1 Å². The molecule has 5 nitrogen and oxygen atoms in total. The lowest BCUT2D eigenvalue weighted by atomic mass is 9.92. The van der Waals surface area contributed by atoms with Gasteiger partial charge in [-0.1, -0.05) is 55.0 Å². The van der Waals surface area contributed by atoms with Gasteiger partial charge in [0.05, 0.1) is 18.7 Å². The van der Waals surface area contributed by atoms with E-state index >= 15 is 0 Å². The third kappa shape index (κ3) is 3.91. The number of carbonyl (C=O) groups is 2. The van der Waals surface area contributed by atoms with Crippen LogP contribution in [0.15, 0.2) is 72.3 Å². The number of amides is 1. The molecule has 0 spiro atoms. The number of aliphatic hydroxyl groups is 1. The zero-order valence-electron chi connectivity index (χ0n) is 19.3. The summed E-state index contributed by atoms with van der Waals surface area (Å²) in [5.41, 5.74) is 4.69. The van der Waals surface area contributed by atoms with Gasteiger partial charge in [-0.15, -0.1) is 0 Å². The first kappa shape index (κ1) is 22.3. The summed E-state index contributed by atoms with van der Waals surface area (Å²) in [6.45, 7) is 5.84. The monoisotopic (exact) mass is 441 g/mol. The molecular formula is C28H27NO4. The van der Waals surface area contributed by atoms with Crippen molar-refractivity contribution in [1.29, 1.82) is 0 Å². The molecule has 33 heavy (non-hydrogen) atoms. The Morgan fingerprint density at radius 2 is 1.70 bits per heavy atom. The highest BCUT2D eigenvalue weighted by Gasteiger charge is 2.48. The third-order valence-electron chi connectivity index (χ3n) is 6.15. The quantitative estimate of drug-likeness (QED) is 0.322. The van der Waals surface area contributed by atoms with E-state index in [2.05, 4.69) is 6.92 Å². The fraction of sp³-hybridized carbons (Fsp3) is 0.214. The van der Waals surface area contributed by atoms with Gasteiger partial charge in [0.1, 0.15) is 11.5 Å². The fourth-order valence-corrected chi connectivity index (χ4v) is 4.31. The molecule has 3 aromatic carbocycles. The van der Waals surface area contributed by atoms with Gasteiger partial charge in [-0.2, -0.15) is 0 Å².